The Bertz CT molecular complexity index is 339. The Morgan fingerprint density at radius 1 is 0.889 bits per heavy atom. The van der Waals surface area contributed by atoms with E-state index in [-0.39, 0.29) is 4.85 Å². The zero-order valence-electron chi connectivity index (χ0n) is 11.5. The Morgan fingerprint density at radius 3 is 1.67 bits per heavy atom. The quantitative estimate of drug-likeness (QED) is 0.741. The summed E-state index contributed by atoms with van der Waals surface area (Å²) in [6.45, 7) is 7.42. The fraction of sp³-hybridized carbons (Fsp3) is 0.538. The average Bonchev–Trinajstić information content (AvgIpc) is 2.41. The summed E-state index contributed by atoms with van der Waals surface area (Å²) in [5.74, 6) is 0. The maximum absolute atomic E-state index is 6.06. The molecule has 0 fully saturated rings. The minimum absolute atomic E-state index is 0.288. The zero-order valence-corrected chi connectivity index (χ0v) is 13.1. The monoisotopic (exact) mass is 290 g/mol. The Morgan fingerprint density at radius 2 is 1.33 bits per heavy atom. The topological polar surface area (TPSA) is 53.7 Å². The summed E-state index contributed by atoms with van der Waals surface area (Å²) in [5.41, 5.74) is 6.04. The Kier molecular flexibility index (Phi) is 5.98. The molecule has 1 rings (SSSR count). The second kappa shape index (κ2) is 6.80. The van der Waals surface area contributed by atoms with Crippen molar-refractivity contribution in [2.24, 2.45) is 5.73 Å². The van der Waals surface area contributed by atoms with E-state index in [1.54, 1.807) is 0 Å². The maximum atomic E-state index is 6.06. The molecule has 1 aromatic rings. The van der Waals surface area contributed by atoms with Crippen molar-refractivity contribution in [1.82, 2.24) is 0 Å². The standard InChI is InChI=1S/C6H5.3C2H5O.CH4N.Ti/c1-2-4-6-5-3-1;3*1-2-3;1-2;/h1-5H;3*2H2,1H3;1-2H2;/q;3*-1;;+3. The molecule has 18 heavy (non-hydrogen) atoms. The van der Waals surface area contributed by atoms with Crippen LogP contribution in [0.25, 0.3) is 0 Å². The molecule has 0 radical (unpaired) electrons. The first-order chi connectivity index (χ1) is 8.67. The van der Waals surface area contributed by atoms with E-state index in [2.05, 4.69) is 0 Å². The van der Waals surface area contributed by atoms with Crippen molar-refractivity contribution >= 4 is 3.87 Å². The van der Waals surface area contributed by atoms with Crippen LogP contribution < -0.4 is 9.60 Å². The summed E-state index contributed by atoms with van der Waals surface area (Å²) < 4.78 is 19.1. The molecule has 0 saturated heterocycles. The van der Waals surface area contributed by atoms with Crippen molar-refractivity contribution in [2.75, 3.05) is 24.7 Å². The summed E-state index contributed by atoms with van der Waals surface area (Å²) in [4.78, 5) is 0.288. The SMILES string of the molecule is CC[O][Ti]([CH2]N)([O]CC)([O]CC)[c]1ccccc1. The van der Waals surface area contributed by atoms with Crippen LogP contribution in [0.3, 0.4) is 0 Å². The third-order valence-corrected chi connectivity index (χ3v) is 10.4. The molecular formula is C13H24NO3Ti. The van der Waals surface area contributed by atoms with Crippen LogP contribution in [0.1, 0.15) is 20.8 Å². The number of nitrogens with two attached hydrogens (primary N) is 1. The summed E-state index contributed by atoms with van der Waals surface area (Å²) in [7, 11) is 0. The Hall–Kier alpha value is -0.226. The van der Waals surface area contributed by atoms with E-state index in [4.69, 9.17) is 15.7 Å². The first-order valence-corrected chi connectivity index (χ1v) is 10.3. The van der Waals surface area contributed by atoms with Gasteiger partial charge in [-0.25, -0.2) is 0 Å². The molecule has 0 aliphatic carbocycles. The third-order valence-electron chi connectivity index (χ3n) is 2.99. The van der Waals surface area contributed by atoms with Crippen LogP contribution in [0.15, 0.2) is 30.3 Å². The van der Waals surface area contributed by atoms with Crippen LogP contribution in [0.4, 0.5) is 0 Å². The van der Waals surface area contributed by atoms with Gasteiger partial charge < -0.3 is 0 Å². The van der Waals surface area contributed by atoms with Gasteiger partial charge in [0.15, 0.2) is 0 Å². The van der Waals surface area contributed by atoms with Crippen molar-refractivity contribution in [3.8, 4) is 0 Å². The van der Waals surface area contributed by atoms with Crippen LogP contribution in [-0.4, -0.2) is 24.7 Å². The normalized spacial score (nSPS) is 14.1. The molecule has 0 aromatic heterocycles. The Balaban J connectivity index is 3.36. The van der Waals surface area contributed by atoms with E-state index >= 15 is 0 Å². The molecule has 0 bridgehead atoms. The molecule has 2 N–H and O–H groups in total. The fourth-order valence-electron chi connectivity index (χ4n) is 2.31. The van der Waals surface area contributed by atoms with E-state index in [1.165, 1.54) is 0 Å². The molecule has 0 spiro atoms. The van der Waals surface area contributed by atoms with Crippen LogP contribution in [-0.2, 0) is 26.4 Å². The van der Waals surface area contributed by atoms with Crippen molar-refractivity contribution in [2.45, 2.75) is 20.8 Å². The molecule has 0 saturated carbocycles. The molecule has 0 unspecified atom stereocenters. The molecule has 0 heterocycles. The number of benzene rings is 1. The number of rotatable bonds is 8. The van der Waals surface area contributed by atoms with Gasteiger partial charge in [-0.05, 0) is 0 Å². The first-order valence-electron chi connectivity index (χ1n) is 6.52. The molecule has 4 nitrogen and oxygen atoms in total. The van der Waals surface area contributed by atoms with Gasteiger partial charge in [0.05, 0.1) is 0 Å². The van der Waals surface area contributed by atoms with Crippen LogP contribution in [0.5, 0.6) is 0 Å². The zero-order chi connectivity index (χ0) is 13.5. The van der Waals surface area contributed by atoms with Gasteiger partial charge in [-0.1, -0.05) is 0 Å². The van der Waals surface area contributed by atoms with Gasteiger partial charge in [-0.3, -0.25) is 0 Å². The van der Waals surface area contributed by atoms with Gasteiger partial charge >= 0.3 is 112 Å². The molecule has 0 atom stereocenters. The molecule has 0 aliphatic rings. The van der Waals surface area contributed by atoms with E-state index in [1.807, 2.05) is 51.1 Å². The van der Waals surface area contributed by atoms with Crippen molar-refractivity contribution in [3.05, 3.63) is 30.3 Å². The van der Waals surface area contributed by atoms with Crippen molar-refractivity contribution in [1.29, 1.82) is 0 Å². The van der Waals surface area contributed by atoms with E-state index in [0.717, 1.165) is 3.87 Å². The molecule has 103 valence electrons. The molecule has 5 heteroatoms. The molecule has 0 aliphatic heterocycles. The third kappa shape index (κ3) is 2.85. The first kappa shape index (κ1) is 15.8. The van der Waals surface area contributed by atoms with Gasteiger partial charge in [0.25, 0.3) is 0 Å². The predicted molar refractivity (Wildman–Crippen MR) is 70.0 cm³/mol. The van der Waals surface area contributed by atoms with Gasteiger partial charge in [0.1, 0.15) is 0 Å². The Labute approximate surface area is 112 Å². The number of hydrogen-bond acceptors (Lipinski definition) is 4. The summed E-state index contributed by atoms with van der Waals surface area (Å²) in [6, 6.07) is 9.87. The van der Waals surface area contributed by atoms with Gasteiger partial charge in [0.2, 0.25) is 0 Å². The summed E-state index contributed by atoms with van der Waals surface area (Å²) >= 11 is -4.20. The fourth-order valence-corrected chi connectivity index (χ4v) is 8.44. The molecule has 1 aromatic carbocycles. The molecular weight excluding hydrogens is 266 g/mol. The second-order valence-corrected chi connectivity index (χ2v) is 10.6. The van der Waals surface area contributed by atoms with Crippen LogP contribution in [0, 0.1) is 0 Å². The van der Waals surface area contributed by atoms with Crippen molar-refractivity contribution < 1.29 is 26.4 Å². The van der Waals surface area contributed by atoms with E-state index < -0.39 is 16.5 Å². The van der Waals surface area contributed by atoms with Crippen LogP contribution in [0.2, 0.25) is 0 Å². The second-order valence-electron chi connectivity index (χ2n) is 4.04. The van der Waals surface area contributed by atoms with Gasteiger partial charge in [-0.15, -0.1) is 0 Å². The molecule has 0 amide bonds. The van der Waals surface area contributed by atoms with E-state index in [0.29, 0.717) is 19.8 Å². The van der Waals surface area contributed by atoms with Gasteiger partial charge in [0, 0.05) is 0 Å². The van der Waals surface area contributed by atoms with Crippen LogP contribution >= 0.6 is 0 Å². The average molecular weight is 290 g/mol. The van der Waals surface area contributed by atoms with Gasteiger partial charge in [-0.2, -0.15) is 0 Å². The number of hydrogen-bond donors (Lipinski definition) is 1. The van der Waals surface area contributed by atoms with E-state index in [9.17, 15) is 0 Å². The summed E-state index contributed by atoms with van der Waals surface area (Å²) in [6.07, 6.45) is 0. The summed E-state index contributed by atoms with van der Waals surface area (Å²) in [5, 5.41) is 0. The minimum atomic E-state index is -4.20. The van der Waals surface area contributed by atoms with Crippen molar-refractivity contribution in [3.63, 3.8) is 0 Å². The predicted octanol–water partition coefficient (Wildman–Crippen LogP) is 1.77.